The number of fused-ring (bicyclic) bond motifs is 1. The summed E-state index contributed by atoms with van der Waals surface area (Å²) in [7, 11) is 3.10. The number of methoxy groups -OCH3 is 2. The normalized spacial score (nSPS) is 11.1. The summed E-state index contributed by atoms with van der Waals surface area (Å²) in [5.74, 6) is 0.231. The smallest absolute Gasteiger partial charge is 0.173 e. The van der Waals surface area contributed by atoms with Crippen molar-refractivity contribution < 1.29 is 13.9 Å². The van der Waals surface area contributed by atoms with E-state index in [0.717, 1.165) is 0 Å². The summed E-state index contributed by atoms with van der Waals surface area (Å²) in [6.45, 7) is 0.412. The van der Waals surface area contributed by atoms with Crippen molar-refractivity contribution in [3.8, 4) is 0 Å². The van der Waals surface area contributed by atoms with E-state index in [0.29, 0.717) is 23.3 Å². The van der Waals surface area contributed by atoms with Crippen LogP contribution in [0.15, 0.2) is 24.5 Å². The Kier molecular flexibility index (Phi) is 4.01. The Labute approximate surface area is 104 Å². The minimum absolute atomic E-state index is 0.324. The molecule has 0 aliphatic heterocycles. The average molecular weight is 251 g/mol. The molecule has 5 nitrogen and oxygen atoms in total. The molecule has 1 heterocycles. The van der Waals surface area contributed by atoms with E-state index in [2.05, 4.69) is 15.3 Å². The van der Waals surface area contributed by atoms with Gasteiger partial charge in [-0.2, -0.15) is 0 Å². The molecule has 1 N–H and O–H groups in total. The number of hydrogen-bond acceptors (Lipinski definition) is 5. The van der Waals surface area contributed by atoms with Crippen molar-refractivity contribution in [2.45, 2.75) is 6.29 Å². The zero-order chi connectivity index (χ0) is 13.0. The van der Waals surface area contributed by atoms with Crippen molar-refractivity contribution in [1.82, 2.24) is 9.97 Å². The minimum atomic E-state index is -0.386. The number of halogens is 1. The van der Waals surface area contributed by atoms with Crippen LogP contribution in [0.25, 0.3) is 10.9 Å². The molecule has 1 aromatic heterocycles. The number of nitrogens with zero attached hydrogens (tertiary/aromatic N) is 2. The highest BCUT2D eigenvalue weighted by Crippen LogP contribution is 2.19. The van der Waals surface area contributed by atoms with Crippen molar-refractivity contribution in [3.05, 3.63) is 30.3 Å². The number of hydrogen-bond donors (Lipinski definition) is 1. The van der Waals surface area contributed by atoms with Crippen LogP contribution in [0.2, 0.25) is 0 Å². The van der Waals surface area contributed by atoms with Crippen molar-refractivity contribution in [2.75, 3.05) is 26.1 Å². The van der Waals surface area contributed by atoms with Crippen LogP contribution in [0, 0.1) is 5.82 Å². The predicted octanol–water partition coefficient (Wildman–Crippen LogP) is 1.80. The molecule has 0 radical (unpaired) electrons. The topological polar surface area (TPSA) is 56.3 Å². The maximum absolute atomic E-state index is 13.2. The van der Waals surface area contributed by atoms with Crippen LogP contribution in [-0.4, -0.2) is 37.0 Å². The van der Waals surface area contributed by atoms with E-state index >= 15 is 0 Å². The number of nitrogens with one attached hydrogen (secondary N) is 1. The Bertz CT molecular complexity index is 532. The molecule has 1 aromatic carbocycles. The van der Waals surface area contributed by atoms with E-state index in [4.69, 9.17) is 9.47 Å². The van der Waals surface area contributed by atoms with Crippen molar-refractivity contribution in [3.63, 3.8) is 0 Å². The molecule has 0 spiro atoms. The number of benzene rings is 1. The van der Waals surface area contributed by atoms with Crippen LogP contribution in [0.5, 0.6) is 0 Å². The third kappa shape index (κ3) is 2.72. The van der Waals surface area contributed by atoms with Gasteiger partial charge >= 0.3 is 0 Å². The monoisotopic (exact) mass is 251 g/mol. The second-order valence-electron chi connectivity index (χ2n) is 3.67. The first-order valence-corrected chi connectivity index (χ1v) is 5.44. The van der Waals surface area contributed by atoms with E-state index in [9.17, 15) is 4.39 Å². The second kappa shape index (κ2) is 5.70. The van der Waals surface area contributed by atoms with Gasteiger partial charge in [0, 0.05) is 19.6 Å². The van der Waals surface area contributed by atoms with Crippen LogP contribution in [0.1, 0.15) is 0 Å². The summed E-state index contributed by atoms with van der Waals surface area (Å²) >= 11 is 0. The maximum Gasteiger partial charge on any atom is 0.173 e. The summed E-state index contributed by atoms with van der Waals surface area (Å²) in [6, 6.07) is 4.38. The Morgan fingerprint density at radius 1 is 1.28 bits per heavy atom. The lowest BCUT2D eigenvalue weighted by Crippen LogP contribution is -2.24. The number of aromatic nitrogens is 2. The minimum Gasteiger partial charge on any atom is -0.364 e. The fourth-order valence-electron chi connectivity index (χ4n) is 1.61. The molecule has 0 unspecified atom stereocenters. The fraction of sp³-hybridized carbons (Fsp3) is 0.333. The first kappa shape index (κ1) is 12.7. The van der Waals surface area contributed by atoms with Gasteiger partial charge < -0.3 is 14.8 Å². The average Bonchev–Trinajstić information content (AvgIpc) is 2.40. The number of ether oxygens (including phenoxy) is 2. The molecule has 0 amide bonds. The van der Waals surface area contributed by atoms with Gasteiger partial charge in [-0.25, -0.2) is 14.4 Å². The van der Waals surface area contributed by atoms with Gasteiger partial charge in [0.2, 0.25) is 0 Å². The molecular weight excluding hydrogens is 237 g/mol. The molecule has 2 rings (SSSR count). The highest BCUT2D eigenvalue weighted by molar-refractivity contribution is 5.88. The molecule has 96 valence electrons. The van der Waals surface area contributed by atoms with Crippen LogP contribution in [-0.2, 0) is 9.47 Å². The molecule has 18 heavy (non-hydrogen) atoms. The van der Waals surface area contributed by atoms with Crippen molar-refractivity contribution in [2.24, 2.45) is 0 Å². The largest absolute Gasteiger partial charge is 0.364 e. The fourth-order valence-corrected chi connectivity index (χ4v) is 1.61. The van der Waals surface area contributed by atoms with E-state index in [1.165, 1.54) is 18.5 Å². The molecule has 0 bridgehead atoms. The van der Waals surface area contributed by atoms with E-state index < -0.39 is 0 Å². The lowest BCUT2D eigenvalue weighted by Gasteiger charge is -2.15. The molecule has 6 heteroatoms. The standard InChI is InChI=1S/C12H14FN3O2/c1-17-11(18-2)6-14-12-9-5-8(13)3-4-10(9)15-7-16-12/h3-5,7,11H,6H2,1-2H3,(H,14,15,16). The summed E-state index contributed by atoms with van der Waals surface area (Å²) < 4.78 is 23.3. The van der Waals surface area contributed by atoms with E-state index in [1.54, 1.807) is 20.3 Å². The third-order valence-corrected chi connectivity index (χ3v) is 2.56. The zero-order valence-corrected chi connectivity index (χ0v) is 10.2. The molecule has 0 aliphatic carbocycles. The Hall–Kier alpha value is -1.79. The Morgan fingerprint density at radius 3 is 2.78 bits per heavy atom. The molecule has 0 aliphatic rings. The van der Waals surface area contributed by atoms with Gasteiger partial charge in [0.1, 0.15) is 18.0 Å². The van der Waals surface area contributed by atoms with Gasteiger partial charge in [-0.3, -0.25) is 0 Å². The van der Waals surface area contributed by atoms with E-state index in [1.807, 2.05) is 0 Å². The van der Waals surface area contributed by atoms with Crippen LogP contribution >= 0.6 is 0 Å². The molecule has 0 atom stereocenters. The highest BCUT2D eigenvalue weighted by atomic mass is 19.1. The Balaban J connectivity index is 2.24. The third-order valence-electron chi connectivity index (χ3n) is 2.56. The highest BCUT2D eigenvalue weighted by Gasteiger charge is 2.08. The predicted molar refractivity (Wildman–Crippen MR) is 65.8 cm³/mol. The molecule has 0 saturated carbocycles. The zero-order valence-electron chi connectivity index (χ0n) is 10.2. The first-order chi connectivity index (χ1) is 8.74. The van der Waals surface area contributed by atoms with Crippen LogP contribution < -0.4 is 5.32 Å². The van der Waals surface area contributed by atoms with Crippen LogP contribution in [0.4, 0.5) is 10.2 Å². The van der Waals surface area contributed by atoms with Crippen molar-refractivity contribution in [1.29, 1.82) is 0 Å². The van der Waals surface area contributed by atoms with Gasteiger partial charge in [-0.05, 0) is 18.2 Å². The first-order valence-electron chi connectivity index (χ1n) is 5.44. The summed E-state index contributed by atoms with van der Waals surface area (Å²) in [5.41, 5.74) is 0.681. The van der Waals surface area contributed by atoms with Gasteiger partial charge in [-0.15, -0.1) is 0 Å². The Morgan fingerprint density at radius 2 is 2.06 bits per heavy atom. The van der Waals surface area contributed by atoms with Gasteiger partial charge in [-0.1, -0.05) is 0 Å². The van der Waals surface area contributed by atoms with Crippen LogP contribution in [0.3, 0.4) is 0 Å². The maximum atomic E-state index is 13.2. The van der Waals surface area contributed by atoms with Crippen molar-refractivity contribution >= 4 is 16.7 Å². The molecular formula is C12H14FN3O2. The summed E-state index contributed by atoms with van der Waals surface area (Å²) in [6.07, 6.45) is 1.04. The summed E-state index contributed by atoms with van der Waals surface area (Å²) in [5, 5.41) is 3.68. The van der Waals surface area contributed by atoms with Gasteiger partial charge in [0.05, 0.1) is 12.1 Å². The molecule has 2 aromatic rings. The summed E-state index contributed by atoms with van der Waals surface area (Å²) in [4.78, 5) is 8.16. The SMILES string of the molecule is COC(CNc1ncnc2ccc(F)cc12)OC. The molecule has 0 saturated heterocycles. The number of anilines is 1. The van der Waals surface area contributed by atoms with Gasteiger partial charge in [0.25, 0.3) is 0 Å². The second-order valence-corrected chi connectivity index (χ2v) is 3.67. The lowest BCUT2D eigenvalue weighted by molar-refractivity contribution is -0.0914. The van der Waals surface area contributed by atoms with Gasteiger partial charge in [0.15, 0.2) is 6.29 Å². The molecule has 0 fully saturated rings. The number of rotatable bonds is 5. The lowest BCUT2D eigenvalue weighted by atomic mass is 10.2. The quantitative estimate of drug-likeness (QED) is 0.821. The van der Waals surface area contributed by atoms with E-state index in [-0.39, 0.29) is 12.1 Å².